The summed E-state index contributed by atoms with van der Waals surface area (Å²) in [5.74, 6) is 0.395. The molecule has 2 rings (SSSR count). The van der Waals surface area contributed by atoms with E-state index in [-0.39, 0.29) is 0 Å². The third-order valence-corrected chi connectivity index (χ3v) is 5.87. The zero-order valence-electron chi connectivity index (χ0n) is 12.9. The second-order valence-electron chi connectivity index (χ2n) is 5.86. The minimum absolute atomic E-state index is 0.297. The molecule has 120 valence electrons. The van der Waals surface area contributed by atoms with Crippen molar-refractivity contribution in [1.29, 1.82) is 0 Å². The molecule has 0 unspecified atom stereocenters. The normalized spacial score (nSPS) is 19.9. The standard InChI is InChI=1S/C13H22ClN3O3S/c1-10-12(11(2)17(15-10)6-5-14)21(18,19)16-7-8-20-13(3,4)9-16/h5-9H2,1-4H3. The molecular weight excluding hydrogens is 314 g/mol. The van der Waals surface area contributed by atoms with Crippen LogP contribution in [0.2, 0.25) is 0 Å². The van der Waals surface area contributed by atoms with Gasteiger partial charge in [-0.1, -0.05) is 0 Å². The van der Waals surface area contributed by atoms with Crippen LogP contribution in [0.25, 0.3) is 0 Å². The Balaban J connectivity index is 2.40. The number of hydrogen-bond donors (Lipinski definition) is 0. The van der Waals surface area contributed by atoms with Gasteiger partial charge in [-0.2, -0.15) is 9.40 Å². The Hall–Kier alpha value is -0.630. The Labute approximate surface area is 131 Å². The zero-order valence-corrected chi connectivity index (χ0v) is 14.5. The van der Waals surface area contributed by atoms with E-state index in [2.05, 4.69) is 5.10 Å². The molecule has 0 radical (unpaired) electrons. The van der Waals surface area contributed by atoms with Gasteiger partial charge in [-0.3, -0.25) is 4.68 Å². The lowest BCUT2D eigenvalue weighted by molar-refractivity contribution is -0.0640. The highest BCUT2D eigenvalue weighted by molar-refractivity contribution is 7.89. The molecule has 0 spiro atoms. The van der Waals surface area contributed by atoms with E-state index in [0.29, 0.717) is 48.4 Å². The van der Waals surface area contributed by atoms with Crippen molar-refractivity contribution in [2.45, 2.75) is 44.7 Å². The maximum Gasteiger partial charge on any atom is 0.246 e. The largest absolute Gasteiger partial charge is 0.373 e. The number of nitrogens with zero attached hydrogens (tertiary/aromatic N) is 3. The maximum atomic E-state index is 12.9. The molecule has 0 atom stereocenters. The predicted octanol–water partition coefficient (Wildman–Crippen LogP) is 1.54. The van der Waals surface area contributed by atoms with Gasteiger partial charge in [-0.05, 0) is 27.7 Å². The third kappa shape index (κ3) is 3.26. The lowest BCUT2D eigenvalue weighted by atomic mass is 10.1. The molecule has 1 fully saturated rings. The number of halogens is 1. The van der Waals surface area contributed by atoms with E-state index in [9.17, 15) is 8.42 Å². The summed E-state index contributed by atoms with van der Waals surface area (Å²) >= 11 is 5.73. The molecule has 1 aliphatic rings. The van der Waals surface area contributed by atoms with E-state index < -0.39 is 15.6 Å². The second kappa shape index (κ2) is 5.87. The van der Waals surface area contributed by atoms with E-state index in [1.165, 1.54) is 4.31 Å². The van der Waals surface area contributed by atoms with Gasteiger partial charge in [0.15, 0.2) is 0 Å². The first-order valence-electron chi connectivity index (χ1n) is 6.93. The van der Waals surface area contributed by atoms with Crippen molar-refractivity contribution in [3.8, 4) is 0 Å². The summed E-state index contributed by atoms with van der Waals surface area (Å²) < 4.78 is 34.6. The van der Waals surface area contributed by atoms with Crippen LogP contribution in [0.15, 0.2) is 4.90 Å². The van der Waals surface area contributed by atoms with Crippen LogP contribution in [0.4, 0.5) is 0 Å². The quantitative estimate of drug-likeness (QED) is 0.783. The monoisotopic (exact) mass is 335 g/mol. The molecule has 8 heteroatoms. The summed E-state index contributed by atoms with van der Waals surface area (Å²) in [6.45, 7) is 8.89. The van der Waals surface area contributed by atoms with Gasteiger partial charge in [0.05, 0.1) is 30.1 Å². The van der Waals surface area contributed by atoms with Crippen LogP contribution < -0.4 is 0 Å². The molecule has 1 saturated heterocycles. The minimum atomic E-state index is -3.56. The zero-order chi connectivity index (χ0) is 15.8. The van der Waals surface area contributed by atoms with E-state index >= 15 is 0 Å². The van der Waals surface area contributed by atoms with Crippen LogP contribution in [0.1, 0.15) is 25.2 Å². The number of ether oxygens (including phenoxy) is 1. The summed E-state index contributed by atoms with van der Waals surface area (Å²) in [7, 11) is -3.56. The van der Waals surface area contributed by atoms with Gasteiger partial charge < -0.3 is 4.74 Å². The molecule has 1 aromatic rings. The molecule has 2 heterocycles. The fourth-order valence-electron chi connectivity index (χ4n) is 2.66. The van der Waals surface area contributed by atoms with E-state index in [1.807, 2.05) is 13.8 Å². The van der Waals surface area contributed by atoms with Crippen LogP contribution >= 0.6 is 11.6 Å². The van der Waals surface area contributed by atoms with Crippen LogP contribution in [-0.2, 0) is 21.3 Å². The Morgan fingerprint density at radius 3 is 2.62 bits per heavy atom. The molecule has 0 amide bonds. The van der Waals surface area contributed by atoms with Gasteiger partial charge in [-0.25, -0.2) is 8.42 Å². The average molecular weight is 336 g/mol. The van der Waals surface area contributed by atoms with E-state index in [0.717, 1.165) is 0 Å². The second-order valence-corrected chi connectivity index (χ2v) is 8.11. The summed E-state index contributed by atoms with van der Waals surface area (Å²) in [5.41, 5.74) is 0.679. The fourth-order valence-corrected chi connectivity index (χ4v) is 4.77. The van der Waals surface area contributed by atoms with E-state index in [4.69, 9.17) is 16.3 Å². The van der Waals surface area contributed by atoms with Crippen molar-refractivity contribution >= 4 is 21.6 Å². The first kappa shape index (κ1) is 16.7. The topological polar surface area (TPSA) is 64.4 Å². The van der Waals surface area contributed by atoms with Gasteiger partial charge >= 0.3 is 0 Å². The Kier molecular flexibility index (Phi) is 4.68. The number of morpholine rings is 1. The average Bonchev–Trinajstić information content (AvgIpc) is 2.64. The highest BCUT2D eigenvalue weighted by atomic mass is 35.5. The first-order chi connectivity index (χ1) is 9.69. The summed E-state index contributed by atoms with van der Waals surface area (Å²) in [6.07, 6.45) is 0. The highest BCUT2D eigenvalue weighted by Crippen LogP contribution is 2.27. The molecular formula is C13H22ClN3O3S. The molecule has 1 aliphatic heterocycles. The number of hydrogen-bond acceptors (Lipinski definition) is 4. The van der Waals surface area contributed by atoms with Gasteiger partial charge in [0.1, 0.15) is 4.90 Å². The number of aryl methyl sites for hydroxylation is 2. The van der Waals surface area contributed by atoms with E-state index in [1.54, 1.807) is 18.5 Å². The highest BCUT2D eigenvalue weighted by Gasteiger charge is 2.37. The van der Waals surface area contributed by atoms with Crippen molar-refractivity contribution in [3.63, 3.8) is 0 Å². The molecule has 0 aromatic carbocycles. The number of aromatic nitrogens is 2. The van der Waals surface area contributed by atoms with Crippen molar-refractivity contribution in [2.75, 3.05) is 25.6 Å². The smallest absolute Gasteiger partial charge is 0.246 e. The number of alkyl halides is 1. The summed E-state index contributed by atoms with van der Waals surface area (Å²) in [5, 5.41) is 4.29. The van der Waals surface area contributed by atoms with Crippen LogP contribution in [0.5, 0.6) is 0 Å². The summed E-state index contributed by atoms with van der Waals surface area (Å²) in [6, 6.07) is 0. The Bertz CT molecular complexity index is 625. The minimum Gasteiger partial charge on any atom is -0.373 e. The van der Waals surface area contributed by atoms with Crippen molar-refractivity contribution in [3.05, 3.63) is 11.4 Å². The van der Waals surface area contributed by atoms with Crippen molar-refractivity contribution in [1.82, 2.24) is 14.1 Å². The third-order valence-electron chi connectivity index (χ3n) is 3.60. The van der Waals surface area contributed by atoms with Gasteiger partial charge in [0, 0.05) is 19.0 Å². The van der Waals surface area contributed by atoms with Crippen LogP contribution in [0, 0.1) is 13.8 Å². The number of sulfonamides is 1. The molecule has 0 saturated carbocycles. The molecule has 0 aliphatic carbocycles. The molecule has 0 N–H and O–H groups in total. The SMILES string of the molecule is Cc1nn(CCCl)c(C)c1S(=O)(=O)N1CCOC(C)(C)C1. The predicted molar refractivity (Wildman–Crippen MR) is 81.2 cm³/mol. The number of rotatable bonds is 4. The molecule has 21 heavy (non-hydrogen) atoms. The summed E-state index contributed by atoms with van der Waals surface area (Å²) in [4.78, 5) is 0.297. The first-order valence-corrected chi connectivity index (χ1v) is 8.90. The van der Waals surface area contributed by atoms with Gasteiger partial charge in [-0.15, -0.1) is 11.6 Å². The van der Waals surface area contributed by atoms with Crippen molar-refractivity contribution in [2.24, 2.45) is 0 Å². The molecule has 1 aromatic heterocycles. The Morgan fingerprint density at radius 1 is 1.38 bits per heavy atom. The maximum absolute atomic E-state index is 12.9. The Morgan fingerprint density at radius 2 is 2.05 bits per heavy atom. The van der Waals surface area contributed by atoms with Crippen LogP contribution in [0.3, 0.4) is 0 Å². The van der Waals surface area contributed by atoms with Gasteiger partial charge in [0.25, 0.3) is 0 Å². The fraction of sp³-hybridized carbons (Fsp3) is 0.769. The molecule has 0 bridgehead atoms. The van der Waals surface area contributed by atoms with Gasteiger partial charge in [0.2, 0.25) is 10.0 Å². The lowest BCUT2D eigenvalue weighted by Crippen LogP contribution is -2.50. The molecule has 6 nitrogen and oxygen atoms in total. The van der Waals surface area contributed by atoms with Crippen molar-refractivity contribution < 1.29 is 13.2 Å². The van der Waals surface area contributed by atoms with Crippen LogP contribution in [-0.4, -0.2) is 53.7 Å². The lowest BCUT2D eigenvalue weighted by Gasteiger charge is -2.37.